The second-order valence-electron chi connectivity index (χ2n) is 3.81. The summed E-state index contributed by atoms with van der Waals surface area (Å²) in [6.07, 6.45) is 0. The van der Waals surface area contributed by atoms with Crippen LogP contribution in [-0.4, -0.2) is 36.0 Å². The van der Waals surface area contributed by atoms with E-state index in [1.165, 1.54) is 35.2 Å². The van der Waals surface area contributed by atoms with Crippen LogP contribution in [0.15, 0.2) is 39.0 Å². The van der Waals surface area contributed by atoms with E-state index < -0.39 is 9.84 Å². The first kappa shape index (κ1) is 14.9. The average molecular weight is 328 g/mol. The SMILES string of the molecule is N=C(N)c1cccc(S(=O)(=O)CCSc2nncs2)c1. The molecule has 0 saturated carbocycles. The highest BCUT2D eigenvalue weighted by atomic mass is 32.2. The summed E-state index contributed by atoms with van der Waals surface area (Å²) in [6, 6.07) is 6.13. The molecule has 0 saturated heterocycles. The van der Waals surface area contributed by atoms with Gasteiger partial charge in [-0.3, -0.25) is 5.41 Å². The standard InChI is InChI=1S/C11H12N4O2S3/c12-10(13)8-2-1-3-9(6-8)20(16,17)5-4-18-11-15-14-7-19-11/h1-3,6-7H,4-5H2,(H3,12,13). The zero-order chi connectivity index (χ0) is 14.6. The lowest BCUT2D eigenvalue weighted by Gasteiger charge is -2.05. The molecule has 9 heteroatoms. The fourth-order valence-corrected chi connectivity index (χ4v) is 4.69. The fourth-order valence-electron chi connectivity index (χ4n) is 1.44. The van der Waals surface area contributed by atoms with Crippen molar-refractivity contribution in [2.24, 2.45) is 5.73 Å². The molecule has 106 valence electrons. The highest BCUT2D eigenvalue weighted by molar-refractivity contribution is 8.02. The predicted octanol–water partition coefficient (Wildman–Crippen LogP) is 1.39. The second kappa shape index (κ2) is 6.33. The summed E-state index contributed by atoms with van der Waals surface area (Å²) in [5.74, 6) is 0.255. The van der Waals surface area contributed by atoms with E-state index >= 15 is 0 Å². The maximum absolute atomic E-state index is 12.2. The van der Waals surface area contributed by atoms with Crippen molar-refractivity contribution in [2.45, 2.75) is 9.24 Å². The van der Waals surface area contributed by atoms with Crippen molar-refractivity contribution in [3.63, 3.8) is 0 Å². The molecule has 0 aliphatic heterocycles. The van der Waals surface area contributed by atoms with Crippen LogP contribution in [0.5, 0.6) is 0 Å². The Morgan fingerprint density at radius 2 is 2.25 bits per heavy atom. The minimum absolute atomic E-state index is 0.00138. The van der Waals surface area contributed by atoms with E-state index in [9.17, 15) is 8.42 Å². The Morgan fingerprint density at radius 1 is 1.45 bits per heavy atom. The summed E-state index contributed by atoms with van der Waals surface area (Å²) >= 11 is 2.73. The summed E-state index contributed by atoms with van der Waals surface area (Å²) in [7, 11) is -3.39. The van der Waals surface area contributed by atoms with Crippen LogP contribution in [0.3, 0.4) is 0 Å². The third kappa shape index (κ3) is 3.78. The maximum Gasteiger partial charge on any atom is 0.179 e. The number of sulfone groups is 1. The average Bonchev–Trinajstić information content (AvgIpc) is 2.92. The van der Waals surface area contributed by atoms with Gasteiger partial charge in [0.1, 0.15) is 11.3 Å². The largest absolute Gasteiger partial charge is 0.384 e. The molecule has 0 radical (unpaired) electrons. The van der Waals surface area contributed by atoms with Crippen molar-refractivity contribution in [1.29, 1.82) is 5.41 Å². The van der Waals surface area contributed by atoms with Gasteiger partial charge in [0.05, 0.1) is 10.6 Å². The van der Waals surface area contributed by atoms with Crippen molar-refractivity contribution in [1.82, 2.24) is 10.2 Å². The van der Waals surface area contributed by atoms with E-state index in [1.54, 1.807) is 17.6 Å². The molecular formula is C11H12N4O2S3. The molecule has 0 spiro atoms. The van der Waals surface area contributed by atoms with Crippen LogP contribution in [-0.2, 0) is 9.84 Å². The minimum atomic E-state index is -3.39. The summed E-state index contributed by atoms with van der Waals surface area (Å²) in [5.41, 5.74) is 7.37. The van der Waals surface area contributed by atoms with Crippen LogP contribution in [0.4, 0.5) is 0 Å². The van der Waals surface area contributed by atoms with Crippen LogP contribution < -0.4 is 5.73 Å². The number of hydrogen-bond donors (Lipinski definition) is 2. The van der Waals surface area contributed by atoms with E-state index in [0.717, 1.165) is 4.34 Å². The van der Waals surface area contributed by atoms with Crippen LogP contribution >= 0.6 is 23.1 Å². The Balaban J connectivity index is 2.06. The molecular weight excluding hydrogens is 316 g/mol. The highest BCUT2D eigenvalue weighted by Crippen LogP contribution is 2.21. The topological polar surface area (TPSA) is 110 Å². The number of hydrogen-bond acceptors (Lipinski definition) is 7. The highest BCUT2D eigenvalue weighted by Gasteiger charge is 2.15. The van der Waals surface area contributed by atoms with Crippen LogP contribution in [0.2, 0.25) is 0 Å². The molecule has 1 aromatic heterocycles. The predicted molar refractivity (Wildman–Crippen MR) is 80.1 cm³/mol. The van der Waals surface area contributed by atoms with Gasteiger partial charge >= 0.3 is 0 Å². The van der Waals surface area contributed by atoms with Gasteiger partial charge in [-0.25, -0.2) is 8.42 Å². The lowest BCUT2D eigenvalue weighted by molar-refractivity contribution is 0.597. The quantitative estimate of drug-likeness (QED) is 0.471. The molecule has 1 heterocycles. The van der Waals surface area contributed by atoms with Crippen LogP contribution in [0.1, 0.15) is 5.56 Å². The van der Waals surface area contributed by atoms with Gasteiger partial charge < -0.3 is 5.73 Å². The summed E-state index contributed by atoms with van der Waals surface area (Å²) in [5, 5.41) is 14.9. The molecule has 6 nitrogen and oxygen atoms in total. The van der Waals surface area contributed by atoms with E-state index in [-0.39, 0.29) is 16.5 Å². The molecule has 0 amide bonds. The fraction of sp³-hybridized carbons (Fsp3) is 0.182. The molecule has 1 aromatic carbocycles. The number of nitrogens with two attached hydrogens (primary N) is 1. The van der Waals surface area contributed by atoms with E-state index in [0.29, 0.717) is 11.3 Å². The molecule has 2 rings (SSSR count). The van der Waals surface area contributed by atoms with Crippen molar-refractivity contribution < 1.29 is 8.42 Å². The Labute approximate surface area is 124 Å². The van der Waals surface area contributed by atoms with E-state index in [2.05, 4.69) is 10.2 Å². The zero-order valence-electron chi connectivity index (χ0n) is 10.3. The van der Waals surface area contributed by atoms with Gasteiger partial charge in [0.25, 0.3) is 0 Å². The van der Waals surface area contributed by atoms with Gasteiger partial charge in [-0.05, 0) is 12.1 Å². The second-order valence-corrected chi connectivity index (χ2v) is 8.10. The number of benzene rings is 1. The molecule has 3 N–H and O–H groups in total. The Kier molecular flexibility index (Phi) is 4.73. The third-order valence-electron chi connectivity index (χ3n) is 2.42. The van der Waals surface area contributed by atoms with Crippen molar-refractivity contribution in [3.05, 3.63) is 35.3 Å². The molecule has 0 aliphatic carbocycles. The Hall–Kier alpha value is -1.45. The molecule has 20 heavy (non-hydrogen) atoms. The summed E-state index contributed by atoms with van der Waals surface area (Å²) < 4.78 is 25.1. The van der Waals surface area contributed by atoms with Crippen molar-refractivity contribution in [3.8, 4) is 0 Å². The van der Waals surface area contributed by atoms with Gasteiger partial charge in [-0.2, -0.15) is 0 Å². The molecule has 0 atom stereocenters. The van der Waals surface area contributed by atoms with E-state index in [1.807, 2.05) is 0 Å². The lowest BCUT2D eigenvalue weighted by atomic mass is 10.2. The first-order valence-corrected chi connectivity index (χ1v) is 9.07. The maximum atomic E-state index is 12.2. The number of thioether (sulfide) groups is 1. The van der Waals surface area contributed by atoms with Gasteiger partial charge in [-0.1, -0.05) is 35.2 Å². The summed E-state index contributed by atoms with van der Waals surface area (Å²) in [4.78, 5) is 0.183. The first-order valence-electron chi connectivity index (χ1n) is 5.55. The molecule has 2 aromatic rings. The minimum Gasteiger partial charge on any atom is -0.384 e. The third-order valence-corrected chi connectivity index (χ3v) is 6.26. The lowest BCUT2D eigenvalue weighted by Crippen LogP contribution is -2.13. The number of amidine groups is 1. The molecule has 0 aliphatic rings. The number of aromatic nitrogens is 2. The normalized spacial score (nSPS) is 11.4. The van der Waals surface area contributed by atoms with Gasteiger partial charge in [0, 0.05) is 11.3 Å². The monoisotopic (exact) mass is 328 g/mol. The Bertz CT molecular complexity index is 698. The van der Waals surface area contributed by atoms with Gasteiger partial charge in [-0.15, -0.1) is 10.2 Å². The summed E-state index contributed by atoms with van der Waals surface area (Å²) in [6.45, 7) is 0. The van der Waals surface area contributed by atoms with Crippen molar-refractivity contribution in [2.75, 3.05) is 11.5 Å². The Morgan fingerprint density at radius 3 is 2.90 bits per heavy atom. The van der Waals surface area contributed by atoms with Gasteiger partial charge in [0.15, 0.2) is 14.2 Å². The number of nitrogens with one attached hydrogen (secondary N) is 1. The van der Waals surface area contributed by atoms with Crippen LogP contribution in [0.25, 0.3) is 0 Å². The van der Waals surface area contributed by atoms with Gasteiger partial charge in [0.2, 0.25) is 0 Å². The number of nitrogen functional groups attached to an aromatic ring is 1. The van der Waals surface area contributed by atoms with Crippen LogP contribution in [0, 0.1) is 5.41 Å². The molecule has 0 unspecified atom stereocenters. The zero-order valence-corrected chi connectivity index (χ0v) is 12.8. The molecule has 0 fully saturated rings. The number of rotatable bonds is 6. The smallest absolute Gasteiger partial charge is 0.179 e. The first-order chi connectivity index (χ1) is 9.49. The number of nitrogens with zero attached hydrogens (tertiary/aromatic N) is 2. The van der Waals surface area contributed by atoms with Crippen molar-refractivity contribution >= 4 is 38.8 Å². The van der Waals surface area contributed by atoms with E-state index in [4.69, 9.17) is 11.1 Å². The molecule has 0 bridgehead atoms.